The van der Waals surface area contributed by atoms with Gasteiger partial charge in [0.1, 0.15) is 0 Å². The van der Waals surface area contributed by atoms with Crippen LogP contribution in [0.4, 0.5) is 0 Å². The van der Waals surface area contributed by atoms with E-state index in [9.17, 15) is 9.90 Å². The fraction of sp³-hybridized carbons (Fsp3) is 0.500. The number of carboxylic acids is 1. The van der Waals surface area contributed by atoms with E-state index in [0.717, 1.165) is 51.4 Å². The highest BCUT2D eigenvalue weighted by molar-refractivity contribution is 5.66. The highest BCUT2D eigenvalue weighted by Gasteiger charge is 1.94. The lowest BCUT2D eigenvalue weighted by atomic mass is 10.1. The molecule has 3 heteroatoms. The number of unbranched alkanes of at least 4 members (excludes halogenated alkanes) is 4. The molecule has 0 aromatic heterocycles. The minimum atomic E-state index is -0.698. The lowest BCUT2D eigenvalue weighted by Crippen LogP contribution is -1.97. The number of aliphatic hydroxyl groups is 1. The largest absolute Gasteiger partial charge is 0.481 e. The zero-order chi connectivity index (χ0) is 18.6. The second-order valence-electron chi connectivity index (χ2n) is 5.92. The maximum absolute atomic E-state index is 10.4. The molecule has 0 aromatic rings. The van der Waals surface area contributed by atoms with Crippen LogP contribution in [0.1, 0.15) is 64.7 Å². The van der Waals surface area contributed by atoms with Gasteiger partial charge in [-0.05, 0) is 44.9 Å². The van der Waals surface area contributed by atoms with E-state index in [1.165, 1.54) is 0 Å². The van der Waals surface area contributed by atoms with Crippen LogP contribution in [-0.4, -0.2) is 22.3 Å². The first-order valence-electron chi connectivity index (χ1n) is 9.36. The topological polar surface area (TPSA) is 57.5 Å². The van der Waals surface area contributed by atoms with Crippen molar-refractivity contribution < 1.29 is 15.0 Å². The van der Waals surface area contributed by atoms with Crippen LogP contribution < -0.4 is 0 Å². The fourth-order valence-corrected chi connectivity index (χ4v) is 2.04. The van der Waals surface area contributed by atoms with Crippen LogP contribution in [0, 0.1) is 0 Å². The van der Waals surface area contributed by atoms with E-state index in [1.807, 2.05) is 19.1 Å². The zero-order valence-corrected chi connectivity index (χ0v) is 15.5. The van der Waals surface area contributed by atoms with Crippen LogP contribution in [0.5, 0.6) is 0 Å². The number of carbonyl (C=O) groups is 1. The molecule has 140 valence electrons. The van der Waals surface area contributed by atoms with Gasteiger partial charge in [0.25, 0.3) is 0 Å². The van der Waals surface area contributed by atoms with Gasteiger partial charge in [0, 0.05) is 6.42 Å². The summed E-state index contributed by atoms with van der Waals surface area (Å²) in [6.45, 7) is 1.95. The molecule has 1 unspecified atom stereocenters. The molecule has 0 heterocycles. The standard InChI is InChI=1S/C22H34O3/c1-2-21(23)19-17-15-13-11-9-7-5-3-4-6-8-10-12-14-16-18-20-22(24)25/h3,5,7-10,13,15,17,19,21,23H,2,4,6,11-12,14,16,18,20H2,1H3,(H,24,25)/b5-3-,9-7-,10-8-,15-13-,19-17+. The molecule has 3 nitrogen and oxygen atoms in total. The first-order chi connectivity index (χ1) is 12.2. The molecule has 0 bridgehead atoms. The van der Waals surface area contributed by atoms with Crippen LogP contribution in [0.3, 0.4) is 0 Å². The Hall–Kier alpha value is -1.87. The highest BCUT2D eigenvalue weighted by atomic mass is 16.4. The first-order valence-corrected chi connectivity index (χ1v) is 9.36. The Labute approximate surface area is 153 Å². The Morgan fingerprint density at radius 3 is 2.20 bits per heavy atom. The monoisotopic (exact) mass is 346 g/mol. The number of allylic oxidation sites excluding steroid dienone is 9. The van der Waals surface area contributed by atoms with Gasteiger partial charge in [-0.3, -0.25) is 4.79 Å². The summed E-state index contributed by atoms with van der Waals surface area (Å²) in [4.78, 5) is 10.4. The zero-order valence-electron chi connectivity index (χ0n) is 15.5. The van der Waals surface area contributed by atoms with Gasteiger partial charge in [0.2, 0.25) is 0 Å². The summed E-state index contributed by atoms with van der Waals surface area (Å²) in [5.41, 5.74) is 0. The summed E-state index contributed by atoms with van der Waals surface area (Å²) in [6, 6.07) is 0. The Morgan fingerprint density at radius 2 is 1.48 bits per heavy atom. The molecule has 25 heavy (non-hydrogen) atoms. The van der Waals surface area contributed by atoms with Crippen molar-refractivity contribution in [3.05, 3.63) is 60.8 Å². The van der Waals surface area contributed by atoms with E-state index in [-0.39, 0.29) is 12.5 Å². The SMILES string of the molecule is CCC(O)/C=C/C=C\C/C=C\C=C/CC/C=C\CCCCCC(=O)O. The van der Waals surface area contributed by atoms with E-state index < -0.39 is 5.97 Å². The van der Waals surface area contributed by atoms with Gasteiger partial charge < -0.3 is 10.2 Å². The minimum Gasteiger partial charge on any atom is -0.481 e. The molecule has 0 saturated carbocycles. The third kappa shape index (κ3) is 20.1. The molecule has 0 aliphatic carbocycles. The lowest BCUT2D eigenvalue weighted by Gasteiger charge is -1.95. The van der Waals surface area contributed by atoms with E-state index in [0.29, 0.717) is 0 Å². The van der Waals surface area contributed by atoms with Crippen molar-refractivity contribution in [2.45, 2.75) is 70.8 Å². The Balaban J connectivity index is 3.50. The van der Waals surface area contributed by atoms with Gasteiger partial charge in [-0.25, -0.2) is 0 Å². The van der Waals surface area contributed by atoms with Gasteiger partial charge in [-0.1, -0.05) is 74.1 Å². The normalized spacial score (nSPS) is 14.0. The molecule has 0 radical (unpaired) electrons. The summed E-state index contributed by atoms with van der Waals surface area (Å²) in [5.74, 6) is -0.698. The second kappa shape index (κ2) is 18.5. The van der Waals surface area contributed by atoms with Crippen molar-refractivity contribution in [2.24, 2.45) is 0 Å². The lowest BCUT2D eigenvalue weighted by molar-refractivity contribution is -0.137. The number of rotatable bonds is 15. The molecule has 0 amide bonds. The number of aliphatic hydroxyl groups excluding tert-OH is 1. The molecule has 0 saturated heterocycles. The molecule has 0 spiro atoms. The molecular weight excluding hydrogens is 312 g/mol. The van der Waals surface area contributed by atoms with Gasteiger partial charge in [0.15, 0.2) is 0 Å². The van der Waals surface area contributed by atoms with Crippen molar-refractivity contribution >= 4 is 5.97 Å². The van der Waals surface area contributed by atoms with Gasteiger partial charge in [0.05, 0.1) is 6.10 Å². The summed E-state index contributed by atoms with van der Waals surface area (Å²) in [6.07, 6.45) is 28.0. The molecule has 0 aliphatic heterocycles. The van der Waals surface area contributed by atoms with Gasteiger partial charge >= 0.3 is 5.97 Å². The number of hydrogen-bond donors (Lipinski definition) is 2. The average molecular weight is 347 g/mol. The first kappa shape index (κ1) is 23.1. The fourth-order valence-electron chi connectivity index (χ4n) is 2.04. The summed E-state index contributed by atoms with van der Waals surface area (Å²) >= 11 is 0. The maximum atomic E-state index is 10.4. The van der Waals surface area contributed by atoms with E-state index in [2.05, 4.69) is 42.5 Å². The second-order valence-corrected chi connectivity index (χ2v) is 5.92. The highest BCUT2D eigenvalue weighted by Crippen LogP contribution is 2.04. The Bertz CT molecular complexity index is 456. The van der Waals surface area contributed by atoms with Crippen LogP contribution in [-0.2, 0) is 4.79 Å². The number of hydrogen-bond acceptors (Lipinski definition) is 2. The summed E-state index contributed by atoms with van der Waals surface area (Å²) in [5, 5.41) is 17.9. The Kier molecular flexibility index (Phi) is 17.1. The van der Waals surface area contributed by atoms with Crippen molar-refractivity contribution in [1.82, 2.24) is 0 Å². The molecule has 0 aromatic carbocycles. The molecular formula is C22H34O3. The molecule has 0 fully saturated rings. The predicted octanol–water partition coefficient (Wildman–Crippen LogP) is 5.74. The van der Waals surface area contributed by atoms with Crippen LogP contribution in [0.15, 0.2) is 60.8 Å². The van der Waals surface area contributed by atoms with Crippen LogP contribution in [0.25, 0.3) is 0 Å². The minimum absolute atomic E-state index is 0.288. The van der Waals surface area contributed by atoms with Gasteiger partial charge in [-0.2, -0.15) is 0 Å². The summed E-state index contributed by atoms with van der Waals surface area (Å²) < 4.78 is 0. The smallest absolute Gasteiger partial charge is 0.303 e. The molecule has 2 N–H and O–H groups in total. The predicted molar refractivity (Wildman–Crippen MR) is 107 cm³/mol. The van der Waals surface area contributed by atoms with Crippen molar-refractivity contribution in [3.8, 4) is 0 Å². The third-order valence-corrected chi connectivity index (χ3v) is 3.58. The van der Waals surface area contributed by atoms with Crippen LogP contribution in [0.2, 0.25) is 0 Å². The Morgan fingerprint density at radius 1 is 0.840 bits per heavy atom. The molecule has 0 aliphatic rings. The van der Waals surface area contributed by atoms with E-state index in [1.54, 1.807) is 6.08 Å². The number of aliphatic carboxylic acids is 1. The van der Waals surface area contributed by atoms with Crippen LogP contribution >= 0.6 is 0 Å². The number of carboxylic acid groups (broad SMARTS) is 1. The van der Waals surface area contributed by atoms with Crippen molar-refractivity contribution in [2.75, 3.05) is 0 Å². The summed E-state index contributed by atoms with van der Waals surface area (Å²) in [7, 11) is 0. The third-order valence-electron chi connectivity index (χ3n) is 3.58. The maximum Gasteiger partial charge on any atom is 0.303 e. The van der Waals surface area contributed by atoms with Crippen molar-refractivity contribution in [3.63, 3.8) is 0 Å². The quantitative estimate of drug-likeness (QED) is 0.226. The van der Waals surface area contributed by atoms with E-state index in [4.69, 9.17) is 5.11 Å². The molecule has 0 rings (SSSR count). The van der Waals surface area contributed by atoms with E-state index >= 15 is 0 Å². The van der Waals surface area contributed by atoms with Gasteiger partial charge in [-0.15, -0.1) is 0 Å². The van der Waals surface area contributed by atoms with Crippen molar-refractivity contribution in [1.29, 1.82) is 0 Å². The molecule has 1 atom stereocenters. The average Bonchev–Trinajstić information content (AvgIpc) is 2.60.